The molecule has 0 spiro atoms. The lowest BCUT2D eigenvalue weighted by Gasteiger charge is -2.06. The quantitative estimate of drug-likeness (QED) is 0.675. The number of rotatable bonds is 5. The highest BCUT2D eigenvalue weighted by Gasteiger charge is 2.14. The molecule has 0 saturated heterocycles. The lowest BCUT2D eigenvalue weighted by Crippen LogP contribution is -2.04. The molecule has 0 aliphatic heterocycles. The van der Waals surface area contributed by atoms with Crippen LogP contribution in [0.4, 0.5) is 4.39 Å². The summed E-state index contributed by atoms with van der Waals surface area (Å²) in [7, 11) is 2.94. The minimum Gasteiger partial charge on any atom is -0.464 e. The largest absolute Gasteiger partial charge is 0.464 e. The first-order valence-corrected chi connectivity index (χ1v) is 7.42. The zero-order valence-electron chi connectivity index (χ0n) is 13.5. The van der Waals surface area contributed by atoms with Gasteiger partial charge in [-0.05, 0) is 23.8 Å². The summed E-state index contributed by atoms with van der Waals surface area (Å²) in [6.45, 7) is 0.983. The van der Waals surface area contributed by atoms with Gasteiger partial charge in [-0.2, -0.15) is 0 Å². The van der Waals surface area contributed by atoms with Gasteiger partial charge in [0.25, 0.3) is 0 Å². The van der Waals surface area contributed by atoms with Crippen molar-refractivity contribution < 1.29 is 18.7 Å². The molecule has 2 heterocycles. The molecule has 6 heteroatoms. The Hall–Kier alpha value is -2.73. The second-order valence-electron chi connectivity index (χ2n) is 5.42. The van der Waals surface area contributed by atoms with Crippen LogP contribution in [-0.2, 0) is 22.6 Å². The molecule has 0 bridgehead atoms. The standard InChI is InChI=1S/C18H17FN2O3/c1-23-11-13-10-21(9-12-3-5-14(19)6-4-12)17-8-20-16(7-15(13)17)18(22)24-2/h3-8,10H,9,11H2,1-2H3. The normalized spacial score (nSPS) is 11.0. The number of carbonyl (C=O) groups excluding carboxylic acids is 1. The van der Waals surface area contributed by atoms with E-state index in [1.165, 1.54) is 19.2 Å². The molecule has 0 radical (unpaired) electrons. The molecule has 0 unspecified atom stereocenters. The predicted octanol–water partition coefficient (Wildman–Crippen LogP) is 3.16. The fraction of sp³-hybridized carbons (Fsp3) is 0.222. The first-order valence-electron chi connectivity index (χ1n) is 7.42. The van der Waals surface area contributed by atoms with Crippen LogP contribution in [0.25, 0.3) is 10.9 Å². The topological polar surface area (TPSA) is 53.4 Å². The van der Waals surface area contributed by atoms with Gasteiger partial charge in [-0.15, -0.1) is 0 Å². The Labute approximate surface area is 138 Å². The average molecular weight is 328 g/mol. The third-order valence-corrected chi connectivity index (χ3v) is 3.81. The number of halogens is 1. The average Bonchev–Trinajstić information content (AvgIpc) is 2.93. The summed E-state index contributed by atoms with van der Waals surface area (Å²) in [5.41, 5.74) is 3.04. The second-order valence-corrected chi connectivity index (χ2v) is 5.42. The van der Waals surface area contributed by atoms with Crippen molar-refractivity contribution in [3.8, 4) is 0 Å². The summed E-state index contributed by atoms with van der Waals surface area (Å²) in [5, 5.41) is 0.884. The van der Waals surface area contributed by atoms with Gasteiger partial charge in [0.1, 0.15) is 11.5 Å². The first-order chi connectivity index (χ1) is 11.6. The van der Waals surface area contributed by atoms with Crippen molar-refractivity contribution in [1.29, 1.82) is 0 Å². The lowest BCUT2D eigenvalue weighted by atomic mass is 10.2. The number of fused-ring (bicyclic) bond motifs is 1. The summed E-state index contributed by atoms with van der Waals surface area (Å²) >= 11 is 0. The number of aromatic nitrogens is 2. The van der Waals surface area contributed by atoms with E-state index in [1.807, 2.05) is 10.8 Å². The van der Waals surface area contributed by atoms with Crippen LogP contribution in [0.3, 0.4) is 0 Å². The maximum atomic E-state index is 13.1. The van der Waals surface area contributed by atoms with Gasteiger partial charge in [0.15, 0.2) is 0 Å². The SMILES string of the molecule is COCc1cn(Cc2ccc(F)cc2)c2cnc(C(=O)OC)cc12. The predicted molar refractivity (Wildman–Crippen MR) is 87.3 cm³/mol. The van der Waals surface area contributed by atoms with Gasteiger partial charge in [0, 0.05) is 30.8 Å². The van der Waals surface area contributed by atoms with Crippen LogP contribution < -0.4 is 0 Å². The smallest absolute Gasteiger partial charge is 0.356 e. The van der Waals surface area contributed by atoms with E-state index in [-0.39, 0.29) is 11.5 Å². The number of hydrogen-bond donors (Lipinski definition) is 0. The van der Waals surface area contributed by atoms with E-state index in [2.05, 4.69) is 4.98 Å². The highest BCUT2D eigenvalue weighted by atomic mass is 19.1. The van der Waals surface area contributed by atoms with Crippen molar-refractivity contribution in [2.24, 2.45) is 0 Å². The third-order valence-electron chi connectivity index (χ3n) is 3.81. The maximum absolute atomic E-state index is 13.1. The number of esters is 1. The Balaban J connectivity index is 2.04. The second kappa shape index (κ2) is 6.80. The molecule has 0 amide bonds. The molecule has 0 saturated carbocycles. The lowest BCUT2D eigenvalue weighted by molar-refractivity contribution is 0.0594. The fourth-order valence-corrected chi connectivity index (χ4v) is 2.67. The minimum absolute atomic E-state index is 0.252. The van der Waals surface area contributed by atoms with Gasteiger partial charge in [0.05, 0.1) is 25.4 Å². The summed E-state index contributed by atoms with van der Waals surface area (Å²) in [4.78, 5) is 15.9. The highest BCUT2D eigenvalue weighted by molar-refractivity contribution is 5.93. The van der Waals surface area contributed by atoms with Crippen molar-refractivity contribution in [3.63, 3.8) is 0 Å². The van der Waals surface area contributed by atoms with Crippen LogP contribution >= 0.6 is 0 Å². The Morgan fingerprint density at radius 1 is 1.25 bits per heavy atom. The monoisotopic (exact) mass is 328 g/mol. The molecule has 0 N–H and O–H groups in total. The Bertz CT molecular complexity index is 872. The molecule has 0 fully saturated rings. The number of methoxy groups -OCH3 is 2. The van der Waals surface area contributed by atoms with Crippen molar-refractivity contribution in [2.75, 3.05) is 14.2 Å². The first kappa shape index (κ1) is 16.1. The highest BCUT2D eigenvalue weighted by Crippen LogP contribution is 2.24. The van der Waals surface area contributed by atoms with E-state index >= 15 is 0 Å². The molecule has 0 aliphatic rings. The maximum Gasteiger partial charge on any atom is 0.356 e. The van der Waals surface area contributed by atoms with E-state index in [1.54, 1.807) is 31.5 Å². The van der Waals surface area contributed by atoms with Gasteiger partial charge in [0.2, 0.25) is 0 Å². The number of benzene rings is 1. The summed E-state index contributed by atoms with van der Waals surface area (Å²) in [6, 6.07) is 8.06. The van der Waals surface area contributed by atoms with Crippen molar-refractivity contribution in [3.05, 3.63) is 65.4 Å². The minimum atomic E-state index is -0.480. The molecule has 0 atom stereocenters. The van der Waals surface area contributed by atoms with E-state index in [0.29, 0.717) is 13.2 Å². The van der Waals surface area contributed by atoms with Gasteiger partial charge in [-0.3, -0.25) is 0 Å². The molecule has 1 aromatic carbocycles. The van der Waals surface area contributed by atoms with E-state index in [0.717, 1.165) is 22.0 Å². The van der Waals surface area contributed by atoms with E-state index in [9.17, 15) is 9.18 Å². The summed E-state index contributed by atoms with van der Waals surface area (Å²) in [5.74, 6) is -0.743. The van der Waals surface area contributed by atoms with Crippen molar-refractivity contribution in [1.82, 2.24) is 9.55 Å². The molecule has 3 rings (SSSR count). The molecule has 24 heavy (non-hydrogen) atoms. The number of nitrogens with zero attached hydrogens (tertiary/aromatic N) is 2. The summed E-state index contributed by atoms with van der Waals surface area (Å²) in [6.07, 6.45) is 3.60. The Morgan fingerprint density at radius 3 is 2.67 bits per heavy atom. The Kier molecular flexibility index (Phi) is 4.57. The molecular formula is C18H17FN2O3. The van der Waals surface area contributed by atoms with Crippen LogP contribution in [0.15, 0.2) is 42.7 Å². The van der Waals surface area contributed by atoms with Crippen LogP contribution in [0, 0.1) is 5.82 Å². The van der Waals surface area contributed by atoms with Crippen LogP contribution in [0.2, 0.25) is 0 Å². The van der Waals surface area contributed by atoms with Gasteiger partial charge in [-0.25, -0.2) is 14.2 Å². The molecule has 124 valence electrons. The fourth-order valence-electron chi connectivity index (χ4n) is 2.67. The van der Waals surface area contributed by atoms with Crippen molar-refractivity contribution in [2.45, 2.75) is 13.2 Å². The number of hydrogen-bond acceptors (Lipinski definition) is 4. The molecule has 3 aromatic rings. The number of ether oxygens (including phenoxy) is 2. The number of pyridine rings is 1. The third kappa shape index (κ3) is 3.14. The molecule has 5 nitrogen and oxygen atoms in total. The number of carbonyl (C=O) groups is 1. The van der Waals surface area contributed by atoms with Crippen LogP contribution in [0.1, 0.15) is 21.6 Å². The van der Waals surface area contributed by atoms with Gasteiger partial charge < -0.3 is 14.0 Å². The molecule has 0 aliphatic carbocycles. The van der Waals surface area contributed by atoms with Gasteiger partial charge >= 0.3 is 5.97 Å². The van der Waals surface area contributed by atoms with Crippen LogP contribution in [-0.4, -0.2) is 29.7 Å². The molecular weight excluding hydrogens is 311 g/mol. The summed E-state index contributed by atoms with van der Waals surface area (Å²) < 4.78 is 25.0. The van der Waals surface area contributed by atoms with E-state index in [4.69, 9.17) is 9.47 Å². The molecule has 2 aromatic heterocycles. The van der Waals surface area contributed by atoms with Crippen molar-refractivity contribution >= 4 is 16.9 Å². The zero-order chi connectivity index (χ0) is 17.1. The van der Waals surface area contributed by atoms with Gasteiger partial charge in [-0.1, -0.05) is 12.1 Å². The Morgan fingerprint density at radius 2 is 2.00 bits per heavy atom. The van der Waals surface area contributed by atoms with Crippen LogP contribution in [0.5, 0.6) is 0 Å². The van der Waals surface area contributed by atoms with E-state index < -0.39 is 5.97 Å². The zero-order valence-corrected chi connectivity index (χ0v) is 13.5.